The molecule has 0 aliphatic rings. The number of esters is 1. The monoisotopic (exact) mass is 414 g/mol. The SMILES string of the molecule is CC(Oc1ccc(Oc2ccc(C(F)(F)F)cc2)cc1)C(O)CC(=O)OCCO. The zero-order chi connectivity index (χ0) is 21.4. The summed E-state index contributed by atoms with van der Waals surface area (Å²) in [6.45, 7) is 1.15. The van der Waals surface area contributed by atoms with E-state index in [1.165, 1.54) is 12.1 Å². The van der Waals surface area contributed by atoms with Gasteiger partial charge in [0.15, 0.2) is 0 Å². The van der Waals surface area contributed by atoms with Crippen molar-refractivity contribution in [1.29, 1.82) is 0 Å². The van der Waals surface area contributed by atoms with E-state index >= 15 is 0 Å². The van der Waals surface area contributed by atoms with Crippen LogP contribution in [0.3, 0.4) is 0 Å². The van der Waals surface area contributed by atoms with E-state index in [0.717, 1.165) is 12.1 Å². The van der Waals surface area contributed by atoms with Gasteiger partial charge in [-0.3, -0.25) is 4.79 Å². The number of ether oxygens (including phenoxy) is 3. The van der Waals surface area contributed by atoms with Gasteiger partial charge in [0.2, 0.25) is 0 Å². The normalized spacial score (nSPS) is 13.4. The molecule has 0 aliphatic heterocycles. The Morgan fingerprint density at radius 2 is 1.52 bits per heavy atom. The lowest BCUT2D eigenvalue weighted by Crippen LogP contribution is -2.31. The standard InChI is InChI=1S/C20H21F3O6/c1-13(18(25)12-19(26)27-11-10-24)28-15-6-8-17(9-7-15)29-16-4-2-14(3-5-16)20(21,22)23/h2-9,13,18,24-25H,10-12H2,1H3. The lowest BCUT2D eigenvalue weighted by Gasteiger charge is -2.20. The van der Waals surface area contributed by atoms with Gasteiger partial charge in [-0.25, -0.2) is 0 Å². The first-order valence-electron chi connectivity index (χ1n) is 8.75. The number of rotatable bonds is 9. The number of hydrogen-bond donors (Lipinski definition) is 2. The van der Waals surface area contributed by atoms with E-state index < -0.39 is 29.9 Å². The second-order valence-electron chi connectivity index (χ2n) is 6.13. The average Bonchev–Trinajstić information content (AvgIpc) is 2.67. The highest BCUT2D eigenvalue weighted by Crippen LogP contribution is 2.31. The van der Waals surface area contributed by atoms with E-state index in [9.17, 15) is 23.1 Å². The number of benzene rings is 2. The van der Waals surface area contributed by atoms with Gasteiger partial charge in [-0.15, -0.1) is 0 Å². The molecule has 0 saturated heterocycles. The number of carbonyl (C=O) groups excluding carboxylic acids is 1. The van der Waals surface area contributed by atoms with Gasteiger partial charge in [-0.2, -0.15) is 13.2 Å². The molecule has 0 amide bonds. The fraction of sp³-hybridized carbons (Fsp3) is 0.350. The van der Waals surface area contributed by atoms with Gasteiger partial charge in [0, 0.05) is 0 Å². The van der Waals surface area contributed by atoms with E-state index in [1.807, 2.05) is 0 Å². The third-order valence-electron chi connectivity index (χ3n) is 3.84. The molecule has 0 aromatic heterocycles. The molecule has 2 rings (SSSR count). The highest BCUT2D eigenvalue weighted by Gasteiger charge is 2.30. The van der Waals surface area contributed by atoms with Crippen LogP contribution in [-0.4, -0.2) is 41.6 Å². The number of aliphatic hydroxyl groups excluding tert-OH is 2. The second kappa shape index (κ2) is 10.1. The van der Waals surface area contributed by atoms with Crippen molar-refractivity contribution >= 4 is 5.97 Å². The summed E-state index contributed by atoms with van der Waals surface area (Å²) in [4.78, 5) is 11.4. The Morgan fingerprint density at radius 3 is 2.03 bits per heavy atom. The summed E-state index contributed by atoms with van der Waals surface area (Å²) in [5.74, 6) is 0.386. The number of halogens is 3. The third-order valence-corrected chi connectivity index (χ3v) is 3.84. The smallest absolute Gasteiger partial charge is 0.416 e. The molecule has 0 heterocycles. The fourth-order valence-corrected chi connectivity index (χ4v) is 2.28. The van der Waals surface area contributed by atoms with Crippen molar-refractivity contribution in [2.75, 3.05) is 13.2 Å². The van der Waals surface area contributed by atoms with Gasteiger partial charge < -0.3 is 24.4 Å². The van der Waals surface area contributed by atoms with Gasteiger partial charge in [-0.05, 0) is 55.5 Å². The lowest BCUT2D eigenvalue weighted by molar-refractivity contribution is -0.148. The summed E-state index contributed by atoms with van der Waals surface area (Å²) >= 11 is 0. The quantitative estimate of drug-likeness (QED) is 0.611. The average molecular weight is 414 g/mol. The maximum Gasteiger partial charge on any atom is 0.416 e. The zero-order valence-electron chi connectivity index (χ0n) is 15.6. The maximum absolute atomic E-state index is 12.6. The van der Waals surface area contributed by atoms with Crippen LogP contribution in [0.2, 0.25) is 0 Å². The minimum atomic E-state index is -4.41. The summed E-state index contributed by atoms with van der Waals surface area (Å²) in [6, 6.07) is 10.6. The topological polar surface area (TPSA) is 85.2 Å². The Kier molecular flexibility index (Phi) is 7.86. The molecule has 0 bridgehead atoms. The van der Waals surface area contributed by atoms with Crippen LogP contribution in [0.4, 0.5) is 13.2 Å². The van der Waals surface area contributed by atoms with E-state index in [2.05, 4.69) is 4.74 Å². The molecule has 2 N–H and O–H groups in total. The number of alkyl halides is 3. The Bertz CT molecular complexity index is 774. The molecule has 0 fully saturated rings. The van der Waals surface area contributed by atoms with Crippen LogP contribution in [0.25, 0.3) is 0 Å². The van der Waals surface area contributed by atoms with E-state index in [-0.39, 0.29) is 25.4 Å². The lowest BCUT2D eigenvalue weighted by atomic mass is 10.1. The van der Waals surface area contributed by atoms with Crippen molar-refractivity contribution in [3.8, 4) is 17.2 Å². The highest BCUT2D eigenvalue weighted by atomic mass is 19.4. The summed E-state index contributed by atoms with van der Waals surface area (Å²) in [6.07, 6.45) is -6.51. The molecule has 2 aromatic carbocycles. The van der Waals surface area contributed by atoms with Crippen molar-refractivity contribution < 1.29 is 42.4 Å². The molecular formula is C20H21F3O6. The molecule has 2 aromatic rings. The van der Waals surface area contributed by atoms with Crippen LogP contribution in [0.15, 0.2) is 48.5 Å². The van der Waals surface area contributed by atoms with E-state index in [4.69, 9.17) is 14.6 Å². The summed E-state index contributed by atoms with van der Waals surface area (Å²) in [7, 11) is 0. The highest BCUT2D eigenvalue weighted by molar-refractivity contribution is 5.70. The van der Waals surface area contributed by atoms with Gasteiger partial charge in [-0.1, -0.05) is 0 Å². The molecule has 2 unspecified atom stereocenters. The van der Waals surface area contributed by atoms with Crippen LogP contribution in [0.1, 0.15) is 18.9 Å². The molecule has 9 heteroatoms. The molecule has 29 heavy (non-hydrogen) atoms. The van der Waals surface area contributed by atoms with Crippen LogP contribution >= 0.6 is 0 Å². The maximum atomic E-state index is 12.6. The Morgan fingerprint density at radius 1 is 1.00 bits per heavy atom. The van der Waals surface area contributed by atoms with Gasteiger partial charge in [0.25, 0.3) is 0 Å². The first-order chi connectivity index (χ1) is 13.7. The third kappa shape index (κ3) is 7.28. The molecule has 0 spiro atoms. The predicted molar refractivity (Wildman–Crippen MR) is 96.7 cm³/mol. The van der Waals surface area contributed by atoms with Crippen molar-refractivity contribution in [3.63, 3.8) is 0 Å². The van der Waals surface area contributed by atoms with Crippen LogP contribution in [0, 0.1) is 0 Å². The number of aliphatic hydroxyl groups is 2. The Labute approximate surface area is 165 Å². The summed E-state index contributed by atoms with van der Waals surface area (Å²) in [5.41, 5.74) is -0.763. The summed E-state index contributed by atoms with van der Waals surface area (Å²) < 4.78 is 53.4. The van der Waals surface area contributed by atoms with Crippen LogP contribution in [-0.2, 0) is 15.7 Å². The predicted octanol–water partition coefficient (Wildman–Crippen LogP) is 3.55. The first kappa shape index (κ1) is 22.5. The molecule has 6 nitrogen and oxygen atoms in total. The molecule has 0 saturated carbocycles. The molecule has 0 radical (unpaired) electrons. The minimum Gasteiger partial charge on any atom is -0.488 e. The summed E-state index contributed by atoms with van der Waals surface area (Å²) in [5, 5.41) is 18.6. The van der Waals surface area contributed by atoms with E-state index in [1.54, 1.807) is 31.2 Å². The van der Waals surface area contributed by atoms with Crippen LogP contribution < -0.4 is 9.47 Å². The minimum absolute atomic E-state index is 0.138. The Balaban J connectivity index is 1.88. The molecule has 158 valence electrons. The molecule has 2 atom stereocenters. The fourth-order valence-electron chi connectivity index (χ4n) is 2.28. The van der Waals surface area contributed by atoms with Crippen molar-refractivity contribution in [2.45, 2.75) is 31.7 Å². The second-order valence-corrected chi connectivity index (χ2v) is 6.13. The van der Waals surface area contributed by atoms with Crippen molar-refractivity contribution in [3.05, 3.63) is 54.1 Å². The van der Waals surface area contributed by atoms with E-state index in [0.29, 0.717) is 11.5 Å². The zero-order valence-corrected chi connectivity index (χ0v) is 15.6. The largest absolute Gasteiger partial charge is 0.488 e. The van der Waals surface area contributed by atoms with Gasteiger partial charge >= 0.3 is 12.1 Å². The first-order valence-corrected chi connectivity index (χ1v) is 8.75. The van der Waals surface area contributed by atoms with Crippen LogP contribution in [0.5, 0.6) is 17.2 Å². The number of hydrogen-bond acceptors (Lipinski definition) is 6. The van der Waals surface area contributed by atoms with Gasteiger partial charge in [0.05, 0.1) is 18.6 Å². The van der Waals surface area contributed by atoms with Crippen molar-refractivity contribution in [1.82, 2.24) is 0 Å². The van der Waals surface area contributed by atoms with Crippen molar-refractivity contribution in [2.24, 2.45) is 0 Å². The number of carbonyl (C=O) groups is 1. The Hall–Kier alpha value is -2.78. The van der Waals surface area contributed by atoms with Gasteiger partial charge in [0.1, 0.15) is 36.1 Å². The molecule has 0 aliphatic carbocycles. The molecular weight excluding hydrogens is 393 g/mol.